The van der Waals surface area contributed by atoms with Crippen molar-refractivity contribution in [1.82, 2.24) is 0 Å². The van der Waals surface area contributed by atoms with Gasteiger partial charge in [0, 0.05) is 5.70 Å². The van der Waals surface area contributed by atoms with E-state index in [1.54, 1.807) is 13.0 Å². The lowest BCUT2D eigenvalue weighted by Gasteiger charge is -1.84. The Labute approximate surface area is 43.0 Å². The zero-order valence-electron chi connectivity index (χ0n) is 4.45. The Hall–Kier alpha value is -0.530. The fourth-order valence-corrected chi connectivity index (χ4v) is 0.282. The second kappa shape index (κ2) is 3.65. The second-order valence-corrected chi connectivity index (χ2v) is 1.43. The molecule has 0 amide bonds. The summed E-state index contributed by atoms with van der Waals surface area (Å²) >= 11 is 0. The van der Waals surface area contributed by atoms with Gasteiger partial charge in [0.25, 0.3) is 0 Å². The molecule has 0 aromatic carbocycles. The number of rotatable bonds is 2. The van der Waals surface area contributed by atoms with E-state index < -0.39 is 0 Å². The molecule has 1 nitrogen and oxygen atoms in total. The van der Waals surface area contributed by atoms with E-state index in [2.05, 4.69) is 0 Å². The van der Waals surface area contributed by atoms with Crippen LogP contribution in [0, 0.1) is 0 Å². The van der Waals surface area contributed by atoms with Gasteiger partial charge in [0.05, 0.1) is 6.67 Å². The molecule has 0 fully saturated rings. The first-order valence-electron chi connectivity index (χ1n) is 2.25. The summed E-state index contributed by atoms with van der Waals surface area (Å²) in [4.78, 5) is 0. The molecule has 0 saturated heterocycles. The molecule has 0 unspecified atom stereocenters. The Morgan fingerprint density at radius 3 is 2.57 bits per heavy atom. The maximum atomic E-state index is 11.3. The predicted octanol–water partition coefficient (Wildman–Crippen LogP) is 1.21. The zero-order chi connectivity index (χ0) is 5.70. The topological polar surface area (TPSA) is 26.0 Å². The van der Waals surface area contributed by atoms with Crippen LogP contribution >= 0.6 is 0 Å². The fourth-order valence-electron chi connectivity index (χ4n) is 0.282. The molecule has 0 heterocycles. The molecule has 0 aliphatic carbocycles. The van der Waals surface area contributed by atoms with Crippen LogP contribution in [0.1, 0.15) is 13.3 Å². The summed E-state index contributed by atoms with van der Waals surface area (Å²) in [7, 11) is 0. The average molecular weight is 103 g/mol. The molecule has 0 spiro atoms. The molecule has 2 heteroatoms. The third-order valence-corrected chi connectivity index (χ3v) is 0.575. The summed E-state index contributed by atoms with van der Waals surface area (Å²) in [5.41, 5.74) is 5.87. The van der Waals surface area contributed by atoms with Crippen LogP contribution < -0.4 is 5.73 Å². The Kier molecular flexibility index (Phi) is 3.38. The molecule has 0 aliphatic rings. The predicted molar refractivity (Wildman–Crippen MR) is 28.5 cm³/mol. The first kappa shape index (κ1) is 6.47. The minimum atomic E-state index is -0.311. The Morgan fingerprint density at radius 2 is 2.43 bits per heavy atom. The van der Waals surface area contributed by atoms with Crippen molar-refractivity contribution in [3.63, 3.8) is 0 Å². The van der Waals surface area contributed by atoms with Gasteiger partial charge in [-0.2, -0.15) is 0 Å². The maximum Gasteiger partial charge on any atom is 0.0929 e. The lowest BCUT2D eigenvalue weighted by molar-refractivity contribution is 0.500. The van der Waals surface area contributed by atoms with Gasteiger partial charge in [-0.3, -0.25) is 4.39 Å². The van der Waals surface area contributed by atoms with Crippen molar-refractivity contribution in [2.45, 2.75) is 13.3 Å². The van der Waals surface area contributed by atoms with Crippen molar-refractivity contribution in [2.75, 3.05) is 6.67 Å². The van der Waals surface area contributed by atoms with Gasteiger partial charge >= 0.3 is 0 Å². The molecule has 0 aromatic heterocycles. The van der Waals surface area contributed by atoms with Crippen LogP contribution in [-0.2, 0) is 0 Å². The molecule has 42 valence electrons. The minimum absolute atomic E-state index is 0.311. The Balaban J connectivity index is 3.08. The largest absolute Gasteiger partial charge is 0.403 e. The lowest BCUT2D eigenvalue weighted by atomic mass is 10.4. The normalized spacial score (nSPS) is 12.0. The number of alkyl halides is 1. The molecule has 0 bridgehead atoms. The lowest BCUT2D eigenvalue weighted by Crippen LogP contribution is -1.89. The van der Waals surface area contributed by atoms with Crippen LogP contribution in [0.25, 0.3) is 0 Å². The van der Waals surface area contributed by atoms with Gasteiger partial charge in [-0.1, -0.05) is 6.08 Å². The van der Waals surface area contributed by atoms with E-state index in [1.165, 1.54) is 0 Å². The summed E-state index contributed by atoms with van der Waals surface area (Å²) in [6.07, 6.45) is 2.11. The van der Waals surface area contributed by atoms with E-state index in [4.69, 9.17) is 5.73 Å². The number of nitrogens with two attached hydrogens (primary N) is 1. The van der Waals surface area contributed by atoms with Gasteiger partial charge in [-0.05, 0) is 13.3 Å². The molecular weight excluding hydrogens is 93.1 g/mol. The van der Waals surface area contributed by atoms with Gasteiger partial charge in [0.2, 0.25) is 0 Å². The summed E-state index contributed by atoms with van der Waals surface area (Å²) < 4.78 is 11.3. The van der Waals surface area contributed by atoms with Gasteiger partial charge in [-0.15, -0.1) is 0 Å². The van der Waals surface area contributed by atoms with E-state index in [0.29, 0.717) is 12.1 Å². The molecule has 0 aliphatic heterocycles. The standard InChI is InChI=1S/C5H10FN/c1-5(7)3-2-4-6/h3H,2,4,7H2,1H3/b5-3-. The van der Waals surface area contributed by atoms with Gasteiger partial charge < -0.3 is 5.73 Å². The molecule has 7 heavy (non-hydrogen) atoms. The van der Waals surface area contributed by atoms with Crippen molar-refractivity contribution >= 4 is 0 Å². The van der Waals surface area contributed by atoms with Gasteiger partial charge in [-0.25, -0.2) is 0 Å². The van der Waals surface area contributed by atoms with E-state index in [0.717, 1.165) is 0 Å². The number of halogens is 1. The van der Waals surface area contributed by atoms with Crippen LogP contribution in [0.5, 0.6) is 0 Å². The SMILES string of the molecule is C/C(N)=C/CCF. The maximum absolute atomic E-state index is 11.3. The molecule has 0 saturated carbocycles. The van der Waals surface area contributed by atoms with E-state index in [1.807, 2.05) is 0 Å². The quantitative estimate of drug-likeness (QED) is 0.558. The smallest absolute Gasteiger partial charge is 0.0929 e. The summed E-state index contributed by atoms with van der Waals surface area (Å²) in [6, 6.07) is 0. The Bertz CT molecular complexity index is 64.5. The van der Waals surface area contributed by atoms with E-state index in [9.17, 15) is 4.39 Å². The van der Waals surface area contributed by atoms with Crippen molar-refractivity contribution < 1.29 is 4.39 Å². The van der Waals surface area contributed by atoms with Crippen molar-refractivity contribution in [1.29, 1.82) is 0 Å². The van der Waals surface area contributed by atoms with Gasteiger partial charge in [0.15, 0.2) is 0 Å². The molecule has 0 aromatic rings. The third-order valence-electron chi connectivity index (χ3n) is 0.575. The summed E-state index contributed by atoms with van der Waals surface area (Å²) in [5, 5.41) is 0. The van der Waals surface area contributed by atoms with Gasteiger partial charge in [0.1, 0.15) is 0 Å². The molecular formula is C5H10FN. The second-order valence-electron chi connectivity index (χ2n) is 1.43. The van der Waals surface area contributed by atoms with Crippen LogP contribution in [0.2, 0.25) is 0 Å². The van der Waals surface area contributed by atoms with Crippen molar-refractivity contribution in [3.8, 4) is 0 Å². The molecule has 0 atom stereocenters. The highest BCUT2D eigenvalue weighted by molar-refractivity contribution is 4.90. The molecule has 2 N–H and O–H groups in total. The van der Waals surface area contributed by atoms with Crippen LogP contribution in [-0.4, -0.2) is 6.67 Å². The summed E-state index contributed by atoms with van der Waals surface area (Å²) in [5.74, 6) is 0. The zero-order valence-corrected chi connectivity index (χ0v) is 4.45. The number of allylic oxidation sites excluding steroid dienone is 2. The highest BCUT2D eigenvalue weighted by Crippen LogP contribution is 1.85. The monoisotopic (exact) mass is 103 g/mol. The number of hydrogen-bond acceptors (Lipinski definition) is 1. The van der Waals surface area contributed by atoms with Crippen LogP contribution in [0.15, 0.2) is 11.8 Å². The highest BCUT2D eigenvalue weighted by atomic mass is 19.1. The minimum Gasteiger partial charge on any atom is -0.403 e. The van der Waals surface area contributed by atoms with Crippen molar-refractivity contribution in [2.24, 2.45) is 5.73 Å². The summed E-state index contributed by atoms with van der Waals surface area (Å²) in [6.45, 7) is 1.43. The first-order chi connectivity index (χ1) is 3.27. The van der Waals surface area contributed by atoms with Crippen LogP contribution in [0.4, 0.5) is 4.39 Å². The van der Waals surface area contributed by atoms with Crippen LogP contribution in [0.3, 0.4) is 0 Å². The third kappa shape index (κ3) is 5.47. The Morgan fingerprint density at radius 1 is 1.86 bits per heavy atom. The molecule has 0 radical (unpaired) electrons. The first-order valence-corrected chi connectivity index (χ1v) is 2.25. The fraction of sp³-hybridized carbons (Fsp3) is 0.600. The highest BCUT2D eigenvalue weighted by Gasteiger charge is 1.75. The average Bonchev–Trinajstić information content (AvgIpc) is 1.61. The van der Waals surface area contributed by atoms with Crippen molar-refractivity contribution in [3.05, 3.63) is 11.8 Å². The van der Waals surface area contributed by atoms with E-state index in [-0.39, 0.29) is 6.67 Å². The van der Waals surface area contributed by atoms with E-state index >= 15 is 0 Å². The number of hydrogen-bond donors (Lipinski definition) is 1. The molecule has 0 rings (SSSR count).